The molecular weight excluding hydrogens is 468 g/mol. The lowest BCUT2D eigenvalue weighted by Gasteiger charge is -2.11. The van der Waals surface area contributed by atoms with Crippen LogP contribution in [0.2, 0.25) is 5.02 Å². The van der Waals surface area contributed by atoms with Crippen molar-refractivity contribution in [2.45, 2.75) is 18.6 Å². The third-order valence-electron chi connectivity index (χ3n) is 5.10. The maximum absolute atomic E-state index is 12.7. The Hall–Kier alpha value is -3.55. The predicted molar refractivity (Wildman–Crippen MR) is 137 cm³/mol. The van der Waals surface area contributed by atoms with Crippen molar-refractivity contribution in [2.75, 3.05) is 11.1 Å². The Balaban J connectivity index is 1.40. The molecule has 34 heavy (non-hydrogen) atoms. The van der Waals surface area contributed by atoms with Gasteiger partial charge in [-0.15, -0.1) is 0 Å². The Morgan fingerprint density at radius 2 is 1.85 bits per heavy atom. The lowest BCUT2D eigenvalue weighted by Crippen LogP contribution is -2.22. The highest BCUT2D eigenvalue weighted by atomic mass is 35.5. The van der Waals surface area contributed by atoms with Crippen molar-refractivity contribution in [3.63, 3.8) is 0 Å². The standard InChI is InChI=1S/C26H23ClN4O2S/c1-18-10-11-21(27)15-23(18)30-24(32)17-34-26-28-12-13-31(26)22-9-5-8-20(14-22)25(33)29-16-19-6-3-2-4-7-19/h2-15H,16-17H2,1H3,(H,29,33)(H,30,32). The number of amides is 2. The average molecular weight is 491 g/mol. The van der Waals surface area contributed by atoms with E-state index in [0.717, 1.165) is 16.8 Å². The molecule has 0 aliphatic carbocycles. The SMILES string of the molecule is Cc1ccc(Cl)cc1NC(=O)CSc1nccn1-c1cccc(C(=O)NCc2ccccc2)c1. The summed E-state index contributed by atoms with van der Waals surface area (Å²) in [5.74, 6) is -0.129. The van der Waals surface area contributed by atoms with E-state index in [2.05, 4.69) is 15.6 Å². The summed E-state index contributed by atoms with van der Waals surface area (Å²) in [4.78, 5) is 29.5. The summed E-state index contributed by atoms with van der Waals surface area (Å²) in [7, 11) is 0. The van der Waals surface area contributed by atoms with E-state index in [1.807, 2.05) is 72.3 Å². The van der Waals surface area contributed by atoms with E-state index >= 15 is 0 Å². The van der Waals surface area contributed by atoms with Crippen LogP contribution < -0.4 is 10.6 Å². The predicted octanol–water partition coefficient (Wildman–Crippen LogP) is 5.49. The van der Waals surface area contributed by atoms with Gasteiger partial charge in [-0.05, 0) is 48.4 Å². The van der Waals surface area contributed by atoms with Crippen LogP contribution in [0.25, 0.3) is 5.69 Å². The topological polar surface area (TPSA) is 76.0 Å². The van der Waals surface area contributed by atoms with Gasteiger partial charge in [-0.3, -0.25) is 14.2 Å². The van der Waals surface area contributed by atoms with E-state index in [9.17, 15) is 9.59 Å². The van der Waals surface area contributed by atoms with Crippen molar-refractivity contribution in [3.05, 3.63) is 107 Å². The number of thioether (sulfide) groups is 1. The molecule has 0 aliphatic heterocycles. The largest absolute Gasteiger partial charge is 0.348 e. The first-order valence-electron chi connectivity index (χ1n) is 10.6. The van der Waals surface area contributed by atoms with Crippen LogP contribution in [0.1, 0.15) is 21.5 Å². The van der Waals surface area contributed by atoms with Crippen LogP contribution >= 0.6 is 23.4 Å². The van der Waals surface area contributed by atoms with Gasteiger partial charge in [0.1, 0.15) is 0 Å². The number of nitrogens with zero attached hydrogens (tertiary/aromatic N) is 2. The second-order valence-electron chi connectivity index (χ2n) is 7.59. The number of halogens is 1. The van der Waals surface area contributed by atoms with Gasteiger partial charge in [-0.2, -0.15) is 0 Å². The molecule has 0 spiro atoms. The molecule has 0 saturated heterocycles. The summed E-state index contributed by atoms with van der Waals surface area (Å²) >= 11 is 7.35. The molecule has 172 valence electrons. The summed E-state index contributed by atoms with van der Waals surface area (Å²) in [5, 5.41) is 7.05. The number of aryl methyl sites for hydroxylation is 1. The fourth-order valence-corrected chi connectivity index (χ4v) is 4.26. The van der Waals surface area contributed by atoms with Gasteiger partial charge in [-0.1, -0.05) is 65.8 Å². The first kappa shape index (κ1) is 23.6. The molecule has 2 N–H and O–H groups in total. The summed E-state index contributed by atoms with van der Waals surface area (Å²) in [6.45, 7) is 2.37. The van der Waals surface area contributed by atoms with Crippen molar-refractivity contribution in [2.24, 2.45) is 0 Å². The molecule has 0 aliphatic rings. The van der Waals surface area contributed by atoms with Gasteiger partial charge in [-0.25, -0.2) is 4.98 Å². The number of hydrogen-bond acceptors (Lipinski definition) is 4. The lowest BCUT2D eigenvalue weighted by atomic mass is 10.1. The number of benzene rings is 3. The fourth-order valence-electron chi connectivity index (χ4n) is 3.32. The molecule has 4 rings (SSSR count). The number of nitrogens with one attached hydrogen (secondary N) is 2. The van der Waals surface area contributed by atoms with Crippen molar-refractivity contribution >= 4 is 40.9 Å². The summed E-state index contributed by atoms with van der Waals surface area (Å²) in [6, 6.07) is 22.4. The highest BCUT2D eigenvalue weighted by Crippen LogP contribution is 2.23. The highest BCUT2D eigenvalue weighted by molar-refractivity contribution is 7.99. The van der Waals surface area contributed by atoms with E-state index in [1.165, 1.54) is 11.8 Å². The van der Waals surface area contributed by atoms with E-state index < -0.39 is 0 Å². The van der Waals surface area contributed by atoms with E-state index in [4.69, 9.17) is 11.6 Å². The second kappa shape index (κ2) is 11.0. The first-order chi connectivity index (χ1) is 16.5. The molecule has 4 aromatic rings. The molecule has 0 atom stereocenters. The minimum absolute atomic E-state index is 0.154. The highest BCUT2D eigenvalue weighted by Gasteiger charge is 2.12. The maximum atomic E-state index is 12.7. The van der Waals surface area contributed by atoms with Gasteiger partial charge in [0.15, 0.2) is 5.16 Å². The number of hydrogen-bond donors (Lipinski definition) is 2. The number of carbonyl (C=O) groups is 2. The Morgan fingerprint density at radius 3 is 2.68 bits per heavy atom. The minimum Gasteiger partial charge on any atom is -0.348 e. The van der Waals surface area contributed by atoms with Crippen LogP contribution in [-0.4, -0.2) is 27.1 Å². The van der Waals surface area contributed by atoms with Gasteiger partial charge in [0.05, 0.1) is 5.75 Å². The van der Waals surface area contributed by atoms with E-state index in [-0.39, 0.29) is 17.6 Å². The molecule has 3 aromatic carbocycles. The van der Waals surface area contributed by atoms with Crippen molar-refractivity contribution in [3.8, 4) is 5.69 Å². The van der Waals surface area contributed by atoms with Gasteiger partial charge >= 0.3 is 0 Å². The smallest absolute Gasteiger partial charge is 0.251 e. The fraction of sp³-hybridized carbons (Fsp3) is 0.115. The molecule has 0 fully saturated rings. The quantitative estimate of drug-likeness (QED) is 0.320. The van der Waals surface area contributed by atoms with Crippen molar-refractivity contribution in [1.82, 2.24) is 14.9 Å². The van der Waals surface area contributed by atoms with Crippen LogP contribution in [0.3, 0.4) is 0 Å². The molecule has 6 nitrogen and oxygen atoms in total. The van der Waals surface area contributed by atoms with E-state index in [1.54, 1.807) is 24.4 Å². The first-order valence-corrected chi connectivity index (χ1v) is 12.0. The molecule has 2 amide bonds. The van der Waals surface area contributed by atoms with Gasteiger partial charge in [0.25, 0.3) is 5.91 Å². The molecule has 8 heteroatoms. The molecule has 1 aromatic heterocycles. The van der Waals surface area contributed by atoms with Gasteiger partial charge in [0, 0.05) is 40.9 Å². The molecule has 0 bridgehead atoms. The second-order valence-corrected chi connectivity index (χ2v) is 8.97. The Bertz CT molecular complexity index is 1310. The molecule has 0 unspecified atom stereocenters. The third-order valence-corrected chi connectivity index (χ3v) is 6.30. The number of carbonyl (C=O) groups excluding carboxylic acids is 2. The van der Waals surface area contributed by atoms with Crippen molar-refractivity contribution < 1.29 is 9.59 Å². The number of aromatic nitrogens is 2. The zero-order valence-electron chi connectivity index (χ0n) is 18.5. The van der Waals surface area contributed by atoms with Crippen LogP contribution in [0.4, 0.5) is 5.69 Å². The summed E-state index contributed by atoms with van der Waals surface area (Å²) in [5.41, 5.74) is 4.00. The van der Waals surface area contributed by atoms with Crippen LogP contribution in [0.15, 0.2) is 90.3 Å². The van der Waals surface area contributed by atoms with Crippen LogP contribution in [0.5, 0.6) is 0 Å². The molecule has 0 saturated carbocycles. The zero-order chi connectivity index (χ0) is 23.9. The third kappa shape index (κ3) is 6.07. The van der Waals surface area contributed by atoms with Crippen LogP contribution in [0, 0.1) is 6.92 Å². The van der Waals surface area contributed by atoms with E-state index in [0.29, 0.717) is 28.0 Å². The number of rotatable bonds is 8. The maximum Gasteiger partial charge on any atom is 0.251 e. The normalized spacial score (nSPS) is 10.6. The van der Waals surface area contributed by atoms with Crippen molar-refractivity contribution in [1.29, 1.82) is 0 Å². The summed E-state index contributed by atoms with van der Waals surface area (Å²) in [6.07, 6.45) is 3.48. The zero-order valence-corrected chi connectivity index (χ0v) is 20.1. The Kier molecular flexibility index (Phi) is 7.67. The molecule has 0 radical (unpaired) electrons. The monoisotopic (exact) mass is 490 g/mol. The number of anilines is 1. The average Bonchev–Trinajstić information content (AvgIpc) is 3.33. The minimum atomic E-state index is -0.156. The Morgan fingerprint density at radius 1 is 1.03 bits per heavy atom. The lowest BCUT2D eigenvalue weighted by molar-refractivity contribution is -0.113. The molecular formula is C26H23ClN4O2S. The van der Waals surface area contributed by atoms with Gasteiger partial charge in [0.2, 0.25) is 5.91 Å². The summed E-state index contributed by atoms with van der Waals surface area (Å²) < 4.78 is 1.86. The van der Waals surface area contributed by atoms with Crippen LogP contribution in [-0.2, 0) is 11.3 Å². The van der Waals surface area contributed by atoms with Gasteiger partial charge < -0.3 is 10.6 Å². The number of imidazole rings is 1. The molecule has 1 heterocycles. The Labute approximate surface area is 207 Å².